The second kappa shape index (κ2) is 7.38. The van der Waals surface area contributed by atoms with Crippen molar-refractivity contribution < 1.29 is 4.79 Å². The van der Waals surface area contributed by atoms with Crippen LogP contribution < -0.4 is 5.32 Å². The number of nitrogens with one attached hydrogen (secondary N) is 1. The maximum Gasteiger partial charge on any atom is 0.230 e. The molecule has 6 heteroatoms. The first-order chi connectivity index (χ1) is 13.4. The summed E-state index contributed by atoms with van der Waals surface area (Å²) >= 11 is 12.2. The highest BCUT2D eigenvalue weighted by molar-refractivity contribution is 6.42. The Morgan fingerprint density at radius 3 is 2.32 bits per heavy atom. The van der Waals surface area contributed by atoms with Crippen LogP contribution in [0.2, 0.25) is 10.0 Å². The molecule has 0 radical (unpaired) electrons. The summed E-state index contributed by atoms with van der Waals surface area (Å²) in [6.07, 6.45) is 0.168. The van der Waals surface area contributed by atoms with Crippen LogP contribution in [0.3, 0.4) is 0 Å². The van der Waals surface area contributed by atoms with Gasteiger partial charge in [-0.05, 0) is 60.9 Å². The summed E-state index contributed by atoms with van der Waals surface area (Å²) in [5, 5.41) is 3.63. The van der Waals surface area contributed by atoms with Crippen molar-refractivity contribution in [1.29, 1.82) is 0 Å². The Morgan fingerprint density at radius 2 is 1.57 bits per heavy atom. The maximum atomic E-state index is 12.4. The molecule has 0 unspecified atom stereocenters. The molecular weight excluding hydrogens is 393 g/mol. The average molecular weight is 410 g/mol. The molecule has 1 aliphatic heterocycles. The van der Waals surface area contributed by atoms with E-state index in [1.807, 2.05) is 50.2 Å². The van der Waals surface area contributed by atoms with Gasteiger partial charge >= 0.3 is 0 Å². The molecule has 28 heavy (non-hydrogen) atoms. The van der Waals surface area contributed by atoms with E-state index in [9.17, 15) is 4.79 Å². The summed E-state index contributed by atoms with van der Waals surface area (Å²) in [6.45, 7) is 3.96. The number of hydrogen-bond donors (Lipinski definition) is 1. The van der Waals surface area contributed by atoms with Gasteiger partial charge in [0.25, 0.3) is 0 Å². The fraction of sp³-hybridized carbons (Fsp3) is 0.136. The highest BCUT2D eigenvalue weighted by Crippen LogP contribution is 2.36. The summed E-state index contributed by atoms with van der Waals surface area (Å²) in [7, 11) is 0. The van der Waals surface area contributed by atoms with Crippen molar-refractivity contribution in [3.63, 3.8) is 0 Å². The smallest absolute Gasteiger partial charge is 0.230 e. The molecule has 0 fully saturated rings. The third-order valence-electron chi connectivity index (χ3n) is 4.51. The van der Waals surface area contributed by atoms with E-state index in [4.69, 9.17) is 28.2 Å². The van der Waals surface area contributed by atoms with Crippen molar-refractivity contribution in [3.8, 4) is 11.1 Å². The molecule has 140 valence electrons. The van der Waals surface area contributed by atoms with Gasteiger partial charge in [-0.25, -0.2) is 0 Å². The van der Waals surface area contributed by atoms with Crippen LogP contribution in [0.15, 0.2) is 53.5 Å². The molecule has 0 saturated carbocycles. The number of fused-ring (bicyclic) bond motifs is 1. The van der Waals surface area contributed by atoms with E-state index in [0.717, 1.165) is 28.1 Å². The van der Waals surface area contributed by atoms with E-state index in [0.29, 0.717) is 27.1 Å². The number of pyridine rings is 1. The molecule has 1 aliphatic rings. The van der Waals surface area contributed by atoms with Crippen molar-refractivity contribution in [2.75, 3.05) is 5.32 Å². The van der Waals surface area contributed by atoms with Crippen LogP contribution >= 0.6 is 23.2 Å². The van der Waals surface area contributed by atoms with Crippen molar-refractivity contribution in [1.82, 2.24) is 4.98 Å². The lowest BCUT2D eigenvalue weighted by Crippen LogP contribution is -2.15. The maximum absolute atomic E-state index is 12.4. The monoisotopic (exact) mass is 409 g/mol. The average Bonchev–Trinajstić information content (AvgIpc) is 2.79. The minimum Gasteiger partial charge on any atom is -0.324 e. The molecule has 2 aromatic carbocycles. The Labute approximate surface area is 173 Å². The summed E-state index contributed by atoms with van der Waals surface area (Å²) in [5.41, 5.74) is 6.78. The SMILES string of the molecule is Cc1cc(-c2cccc(C3=Nc4cc(Cl)c(Cl)cc4NC(=O)C3)c2)cc(C)n1. The zero-order valence-corrected chi connectivity index (χ0v) is 16.9. The number of aromatic nitrogens is 1. The minimum absolute atomic E-state index is 0.142. The lowest BCUT2D eigenvalue weighted by Gasteiger charge is -2.09. The predicted octanol–water partition coefficient (Wildman–Crippen LogP) is 6.14. The van der Waals surface area contributed by atoms with E-state index in [1.165, 1.54) is 0 Å². The molecule has 0 saturated heterocycles. The summed E-state index contributed by atoms with van der Waals surface area (Å²) in [4.78, 5) is 21.5. The summed E-state index contributed by atoms with van der Waals surface area (Å²) in [6, 6.07) is 15.4. The molecule has 1 aromatic heterocycles. The van der Waals surface area contributed by atoms with Crippen molar-refractivity contribution in [3.05, 3.63) is 75.5 Å². The Balaban J connectivity index is 1.80. The molecule has 0 aliphatic carbocycles. The van der Waals surface area contributed by atoms with E-state index in [2.05, 4.69) is 10.3 Å². The third-order valence-corrected chi connectivity index (χ3v) is 5.23. The molecule has 0 atom stereocenters. The fourth-order valence-corrected chi connectivity index (χ4v) is 3.63. The fourth-order valence-electron chi connectivity index (χ4n) is 3.31. The highest BCUT2D eigenvalue weighted by atomic mass is 35.5. The molecule has 4 nitrogen and oxygen atoms in total. The second-order valence-corrected chi connectivity index (χ2v) is 7.60. The van der Waals surface area contributed by atoms with Crippen molar-refractivity contribution in [2.24, 2.45) is 4.99 Å². The Morgan fingerprint density at radius 1 is 0.893 bits per heavy atom. The molecule has 0 bridgehead atoms. The predicted molar refractivity (Wildman–Crippen MR) is 115 cm³/mol. The standard InChI is InChI=1S/C22H17Cl2N3O/c1-12-6-16(7-13(2)25-12)14-4-3-5-15(8-14)19-11-22(28)27-21-10-18(24)17(23)9-20(21)26-19/h3-10H,11H2,1-2H3,(H,27,28). The van der Waals surface area contributed by atoms with Crippen LogP contribution in [0.1, 0.15) is 23.4 Å². The van der Waals surface area contributed by atoms with Gasteiger partial charge in [0.1, 0.15) is 0 Å². The van der Waals surface area contributed by atoms with Gasteiger partial charge < -0.3 is 5.32 Å². The van der Waals surface area contributed by atoms with Gasteiger partial charge in [-0.15, -0.1) is 0 Å². The normalized spacial score (nSPS) is 13.4. The van der Waals surface area contributed by atoms with Crippen LogP contribution in [-0.2, 0) is 4.79 Å². The van der Waals surface area contributed by atoms with Crippen molar-refractivity contribution >= 4 is 46.2 Å². The minimum atomic E-state index is -0.142. The van der Waals surface area contributed by atoms with Gasteiger partial charge in [-0.3, -0.25) is 14.8 Å². The van der Waals surface area contributed by atoms with Crippen LogP contribution in [0.5, 0.6) is 0 Å². The molecule has 2 heterocycles. The topological polar surface area (TPSA) is 54.4 Å². The van der Waals surface area contributed by atoms with E-state index in [1.54, 1.807) is 12.1 Å². The summed E-state index contributed by atoms with van der Waals surface area (Å²) < 4.78 is 0. The number of aliphatic imine (C=N–C) groups is 1. The van der Waals surface area contributed by atoms with E-state index < -0.39 is 0 Å². The zero-order valence-electron chi connectivity index (χ0n) is 15.4. The van der Waals surface area contributed by atoms with Gasteiger partial charge in [0, 0.05) is 11.4 Å². The Kier molecular flexibility index (Phi) is 4.92. The number of carbonyl (C=O) groups excluding carboxylic acids is 1. The number of aryl methyl sites for hydroxylation is 2. The lowest BCUT2D eigenvalue weighted by molar-refractivity contribution is -0.115. The van der Waals surface area contributed by atoms with Gasteiger partial charge in [-0.1, -0.05) is 41.4 Å². The van der Waals surface area contributed by atoms with Gasteiger partial charge in [-0.2, -0.15) is 0 Å². The van der Waals surface area contributed by atoms with Gasteiger partial charge in [0.05, 0.1) is 33.6 Å². The Hall–Kier alpha value is -2.69. The Bertz CT molecular complexity index is 1120. The number of rotatable bonds is 2. The molecular formula is C22H17Cl2N3O. The highest BCUT2D eigenvalue weighted by Gasteiger charge is 2.19. The molecule has 4 rings (SSSR count). The number of nitrogens with zero attached hydrogens (tertiary/aromatic N) is 2. The van der Waals surface area contributed by atoms with Crippen LogP contribution in [-0.4, -0.2) is 16.6 Å². The van der Waals surface area contributed by atoms with E-state index in [-0.39, 0.29) is 12.3 Å². The number of benzene rings is 2. The molecule has 3 aromatic rings. The van der Waals surface area contributed by atoms with Crippen LogP contribution in [0.25, 0.3) is 11.1 Å². The zero-order chi connectivity index (χ0) is 19.8. The van der Waals surface area contributed by atoms with Gasteiger partial charge in [0.2, 0.25) is 5.91 Å². The number of amides is 1. The third kappa shape index (κ3) is 3.79. The van der Waals surface area contributed by atoms with E-state index >= 15 is 0 Å². The summed E-state index contributed by atoms with van der Waals surface area (Å²) in [5.74, 6) is -0.142. The first-order valence-corrected chi connectivity index (χ1v) is 9.57. The molecule has 0 spiro atoms. The largest absolute Gasteiger partial charge is 0.324 e. The lowest BCUT2D eigenvalue weighted by atomic mass is 9.99. The van der Waals surface area contributed by atoms with Gasteiger partial charge in [0.15, 0.2) is 0 Å². The first kappa shape index (κ1) is 18.7. The number of hydrogen-bond acceptors (Lipinski definition) is 3. The number of halogens is 2. The van der Waals surface area contributed by atoms with Crippen LogP contribution in [0, 0.1) is 13.8 Å². The number of anilines is 1. The van der Waals surface area contributed by atoms with Crippen molar-refractivity contribution in [2.45, 2.75) is 20.3 Å². The first-order valence-electron chi connectivity index (χ1n) is 8.81. The number of carbonyl (C=O) groups is 1. The van der Waals surface area contributed by atoms with Crippen LogP contribution in [0.4, 0.5) is 11.4 Å². The molecule has 1 amide bonds. The quantitative estimate of drug-likeness (QED) is 0.552. The molecule has 1 N–H and O–H groups in total. The second-order valence-electron chi connectivity index (χ2n) is 6.79.